The van der Waals surface area contributed by atoms with Gasteiger partial charge in [0.15, 0.2) is 0 Å². The standard InChI is InChI=1S/C12H13N3O3/c1-7-5-11(18-15-7)14-12(16)9-6-8(17-2)3-4-10(9)13/h3-6H,13H2,1-2H3,(H,14,16). The molecule has 0 spiro atoms. The highest BCUT2D eigenvalue weighted by molar-refractivity contribution is 6.07. The lowest BCUT2D eigenvalue weighted by molar-refractivity contribution is 0.102. The smallest absolute Gasteiger partial charge is 0.260 e. The average Bonchev–Trinajstić information content (AvgIpc) is 2.75. The fourth-order valence-corrected chi connectivity index (χ4v) is 1.46. The highest BCUT2D eigenvalue weighted by Gasteiger charge is 2.13. The maximum absolute atomic E-state index is 12.0. The third kappa shape index (κ3) is 2.42. The number of rotatable bonds is 3. The second-order valence-corrected chi connectivity index (χ2v) is 3.74. The Morgan fingerprint density at radius 3 is 2.83 bits per heavy atom. The molecule has 0 unspecified atom stereocenters. The zero-order valence-corrected chi connectivity index (χ0v) is 10.1. The number of hydrogen-bond donors (Lipinski definition) is 2. The average molecular weight is 247 g/mol. The summed E-state index contributed by atoms with van der Waals surface area (Å²) < 4.78 is 9.94. The number of nitrogens with two attached hydrogens (primary N) is 1. The van der Waals surface area contributed by atoms with Crippen LogP contribution < -0.4 is 15.8 Å². The Kier molecular flexibility index (Phi) is 3.18. The minimum absolute atomic E-state index is 0.278. The summed E-state index contributed by atoms with van der Waals surface area (Å²) in [4.78, 5) is 12.0. The van der Waals surface area contributed by atoms with Gasteiger partial charge in [-0.2, -0.15) is 0 Å². The predicted octanol–water partition coefficient (Wildman–Crippen LogP) is 1.83. The molecule has 18 heavy (non-hydrogen) atoms. The zero-order valence-electron chi connectivity index (χ0n) is 10.1. The van der Waals surface area contributed by atoms with E-state index in [1.165, 1.54) is 7.11 Å². The Morgan fingerprint density at radius 1 is 1.44 bits per heavy atom. The van der Waals surface area contributed by atoms with Crippen LogP contribution in [0.5, 0.6) is 5.75 Å². The Hall–Kier alpha value is -2.50. The molecule has 1 aromatic heterocycles. The fraction of sp³-hybridized carbons (Fsp3) is 0.167. The molecule has 3 N–H and O–H groups in total. The summed E-state index contributed by atoms with van der Waals surface area (Å²) in [5.41, 5.74) is 7.11. The molecule has 2 aromatic rings. The number of aryl methyl sites for hydroxylation is 1. The molecule has 0 aliphatic carbocycles. The van der Waals surface area contributed by atoms with Crippen molar-refractivity contribution in [2.75, 3.05) is 18.2 Å². The highest BCUT2D eigenvalue weighted by Crippen LogP contribution is 2.21. The zero-order chi connectivity index (χ0) is 13.1. The summed E-state index contributed by atoms with van der Waals surface area (Å²) in [6.45, 7) is 1.76. The van der Waals surface area contributed by atoms with Crippen LogP contribution in [-0.4, -0.2) is 18.2 Å². The molecule has 0 saturated carbocycles. The van der Waals surface area contributed by atoms with Crippen molar-refractivity contribution >= 4 is 17.5 Å². The van der Waals surface area contributed by atoms with Gasteiger partial charge in [-0.3, -0.25) is 10.1 Å². The fourth-order valence-electron chi connectivity index (χ4n) is 1.46. The van der Waals surface area contributed by atoms with Crippen LogP contribution in [-0.2, 0) is 0 Å². The third-order valence-corrected chi connectivity index (χ3v) is 2.37. The molecule has 6 heteroatoms. The number of carbonyl (C=O) groups is 1. The minimum atomic E-state index is -0.373. The molecule has 94 valence electrons. The van der Waals surface area contributed by atoms with Crippen LogP contribution in [0.3, 0.4) is 0 Å². The molecule has 0 bridgehead atoms. The third-order valence-electron chi connectivity index (χ3n) is 2.37. The summed E-state index contributed by atoms with van der Waals surface area (Å²) in [7, 11) is 1.52. The van der Waals surface area contributed by atoms with Crippen LogP contribution in [0.2, 0.25) is 0 Å². The van der Waals surface area contributed by atoms with E-state index in [2.05, 4.69) is 10.5 Å². The highest BCUT2D eigenvalue weighted by atomic mass is 16.5. The molecule has 0 atom stereocenters. The molecule has 0 fully saturated rings. The van der Waals surface area contributed by atoms with E-state index in [4.69, 9.17) is 15.0 Å². The number of nitrogens with zero attached hydrogens (tertiary/aromatic N) is 1. The second kappa shape index (κ2) is 4.79. The molecule has 0 radical (unpaired) electrons. The van der Waals surface area contributed by atoms with Gasteiger partial charge in [-0.25, -0.2) is 0 Å². The van der Waals surface area contributed by atoms with Gasteiger partial charge in [0.05, 0.1) is 18.4 Å². The van der Waals surface area contributed by atoms with E-state index in [0.717, 1.165) is 0 Å². The van der Waals surface area contributed by atoms with Gasteiger partial charge in [0.25, 0.3) is 5.91 Å². The van der Waals surface area contributed by atoms with Gasteiger partial charge in [0.2, 0.25) is 5.88 Å². The van der Waals surface area contributed by atoms with Crippen molar-refractivity contribution in [2.24, 2.45) is 0 Å². The summed E-state index contributed by atoms with van der Waals surface area (Å²) in [5.74, 6) is 0.463. The first-order valence-electron chi connectivity index (χ1n) is 5.28. The molecule has 0 aliphatic heterocycles. The number of methoxy groups -OCH3 is 1. The van der Waals surface area contributed by atoms with Gasteiger partial charge in [-0.15, -0.1) is 0 Å². The maximum atomic E-state index is 12.0. The maximum Gasteiger partial charge on any atom is 0.260 e. The Labute approximate surface area is 104 Å². The number of benzene rings is 1. The second-order valence-electron chi connectivity index (χ2n) is 3.74. The van der Waals surface area contributed by atoms with Crippen molar-refractivity contribution in [2.45, 2.75) is 6.92 Å². The van der Waals surface area contributed by atoms with Gasteiger partial charge < -0.3 is 15.0 Å². The molecule has 6 nitrogen and oxygen atoms in total. The summed E-state index contributed by atoms with van der Waals surface area (Å²) in [6.07, 6.45) is 0. The quantitative estimate of drug-likeness (QED) is 0.807. The molecule has 1 heterocycles. The number of nitrogen functional groups attached to an aromatic ring is 1. The van der Waals surface area contributed by atoms with Crippen LogP contribution in [0.1, 0.15) is 16.1 Å². The lowest BCUT2D eigenvalue weighted by Crippen LogP contribution is -2.13. The van der Waals surface area contributed by atoms with E-state index in [1.54, 1.807) is 31.2 Å². The Bertz CT molecular complexity index is 578. The molecular weight excluding hydrogens is 234 g/mol. The Morgan fingerprint density at radius 2 is 2.22 bits per heavy atom. The number of aromatic nitrogens is 1. The van der Waals surface area contributed by atoms with E-state index in [-0.39, 0.29) is 11.8 Å². The van der Waals surface area contributed by atoms with Gasteiger partial charge in [-0.1, -0.05) is 5.16 Å². The number of carbonyl (C=O) groups excluding carboxylic acids is 1. The normalized spacial score (nSPS) is 10.1. The predicted molar refractivity (Wildman–Crippen MR) is 66.6 cm³/mol. The van der Waals surface area contributed by atoms with Gasteiger partial charge in [0.1, 0.15) is 5.75 Å². The topological polar surface area (TPSA) is 90.4 Å². The summed E-state index contributed by atoms with van der Waals surface area (Å²) in [6, 6.07) is 6.48. The van der Waals surface area contributed by atoms with Crippen LogP contribution in [0.25, 0.3) is 0 Å². The van der Waals surface area contributed by atoms with E-state index < -0.39 is 0 Å². The van der Waals surface area contributed by atoms with Gasteiger partial charge in [-0.05, 0) is 25.1 Å². The monoisotopic (exact) mass is 247 g/mol. The van der Waals surface area contributed by atoms with Crippen LogP contribution in [0, 0.1) is 6.92 Å². The number of hydrogen-bond acceptors (Lipinski definition) is 5. The van der Waals surface area contributed by atoms with Crippen molar-refractivity contribution in [1.82, 2.24) is 5.16 Å². The van der Waals surface area contributed by atoms with Crippen LogP contribution >= 0.6 is 0 Å². The van der Waals surface area contributed by atoms with Gasteiger partial charge in [0, 0.05) is 11.8 Å². The van der Waals surface area contributed by atoms with Crippen molar-refractivity contribution in [1.29, 1.82) is 0 Å². The van der Waals surface area contributed by atoms with Crippen molar-refractivity contribution in [3.8, 4) is 5.75 Å². The van der Waals surface area contributed by atoms with Crippen LogP contribution in [0.15, 0.2) is 28.8 Å². The number of amides is 1. The van der Waals surface area contributed by atoms with Crippen LogP contribution in [0.4, 0.5) is 11.6 Å². The molecule has 0 saturated heterocycles. The van der Waals surface area contributed by atoms with Crippen molar-refractivity contribution in [3.05, 3.63) is 35.5 Å². The first-order valence-corrected chi connectivity index (χ1v) is 5.28. The molecule has 0 aliphatic rings. The molecule has 2 rings (SSSR count). The SMILES string of the molecule is COc1ccc(N)c(C(=O)Nc2cc(C)no2)c1. The summed E-state index contributed by atoms with van der Waals surface area (Å²) in [5, 5.41) is 6.24. The number of anilines is 2. The van der Waals surface area contributed by atoms with E-state index in [0.29, 0.717) is 22.7 Å². The summed E-state index contributed by atoms with van der Waals surface area (Å²) >= 11 is 0. The molecule has 1 amide bonds. The van der Waals surface area contributed by atoms with E-state index in [9.17, 15) is 4.79 Å². The van der Waals surface area contributed by atoms with Crippen molar-refractivity contribution in [3.63, 3.8) is 0 Å². The molecular formula is C12H13N3O3. The Balaban J connectivity index is 2.23. The van der Waals surface area contributed by atoms with E-state index >= 15 is 0 Å². The van der Waals surface area contributed by atoms with Crippen molar-refractivity contribution < 1.29 is 14.1 Å². The number of ether oxygens (including phenoxy) is 1. The first-order chi connectivity index (χ1) is 8.60. The lowest BCUT2D eigenvalue weighted by Gasteiger charge is -2.07. The van der Waals surface area contributed by atoms with Gasteiger partial charge >= 0.3 is 0 Å². The number of nitrogens with one attached hydrogen (secondary N) is 1. The lowest BCUT2D eigenvalue weighted by atomic mass is 10.1. The van der Waals surface area contributed by atoms with E-state index in [1.807, 2.05) is 0 Å². The minimum Gasteiger partial charge on any atom is -0.497 e. The first kappa shape index (κ1) is 12.0. The molecule has 1 aromatic carbocycles. The largest absolute Gasteiger partial charge is 0.497 e.